The fourth-order valence-corrected chi connectivity index (χ4v) is 2.28. The number of nitrogens with zero attached hydrogens (tertiary/aromatic N) is 1. The molecule has 3 nitrogen and oxygen atoms in total. The van der Waals surface area contributed by atoms with Crippen molar-refractivity contribution in [3.63, 3.8) is 0 Å². The third-order valence-corrected chi connectivity index (χ3v) is 3.03. The van der Waals surface area contributed by atoms with Gasteiger partial charge in [-0.05, 0) is 25.0 Å². The zero-order valence-electron chi connectivity index (χ0n) is 9.78. The average molecular weight is 260 g/mol. The summed E-state index contributed by atoms with van der Waals surface area (Å²) in [5.74, 6) is -0.192. The number of ether oxygens (including phenoxy) is 1. The Morgan fingerprint density at radius 2 is 2.17 bits per heavy atom. The molecule has 1 aliphatic heterocycles. The van der Waals surface area contributed by atoms with Gasteiger partial charge in [-0.25, -0.2) is 0 Å². The van der Waals surface area contributed by atoms with Gasteiger partial charge < -0.3 is 15.4 Å². The number of hydrogen-bond acceptors (Lipinski definition) is 3. The van der Waals surface area contributed by atoms with Gasteiger partial charge in [0.2, 0.25) is 0 Å². The highest BCUT2D eigenvalue weighted by Crippen LogP contribution is 2.30. The molecule has 1 unspecified atom stereocenters. The number of anilines is 1. The molecule has 1 fully saturated rings. The van der Waals surface area contributed by atoms with E-state index in [0.29, 0.717) is 6.54 Å². The second kappa shape index (κ2) is 5.06. The van der Waals surface area contributed by atoms with Gasteiger partial charge in [0.05, 0.1) is 0 Å². The number of benzene rings is 1. The topological polar surface area (TPSA) is 38.5 Å². The molecule has 6 heteroatoms. The fourth-order valence-electron chi connectivity index (χ4n) is 2.28. The first-order valence-corrected chi connectivity index (χ1v) is 5.82. The van der Waals surface area contributed by atoms with Crippen LogP contribution in [0, 0.1) is 0 Å². The molecule has 2 rings (SSSR count). The summed E-state index contributed by atoms with van der Waals surface area (Å²) in [5, 5.41) is 0. The second-order valence-corrected chi connectivity index (χ2v) is 4.27. The van der Waals surface area contributed by atoms with Gasteiger partial charge in [-0.1, -0.05) is 6.07 Å². The number of alkyl halides is 3. The minimum absolute atomic E-state index is 0.192. The quantitative estimate of drug-likeness (QED) is 0.907. The molecule has 1 atom stereocenters. The summed E-state index contributed by atoms with van der Waals surface area (Å²) in [5.41, 5.74) is 6.38. The smallest absolute Gasteiger partial charge is 0.406 e. The van der Waals surface area contributed by atoms with Crippen molar-refractivity contribution < 1.29 is 17.9 Å². The van der Waals surface area contributed by atoms with E-state index in [1.54, 1.807) is 12.1 Å². The van der Waals surface area contributed by atoms with Crippen LogP contribution < -0.4 is 15.4 Å². The van der Waals surface area contributed by atoms with Gasteiger partial charge in [-0.3, -0.25) is 0 Å². The lowest BCUT2D eigenvalue weighted by atomic mass is 10.2. The predicted molar refractivity (Wildman–Crippen MR) is 62.5 cm³/mol. The Balaban J connectivity index is 2.16. The van der Waals surface area contributed by atoms with Gasteiger partial charge >= 0.3 is 6.36 Å². The molecule has 0 aromatic heterocycles. The van der Waals surface area contributed by atoms with Crippen LogP contribution in [0.3, 0.4) is 0 Å². The lowest BCUT2D eigenvalue weighted by molar-refractivity contribution is -0.274. The van der Waals surface area contributed by atoms with Crippen LogP contribution in [0.4, 0.5) is 18.9 Å². The number of hydrogen-bond donors (Lipinski definition) is 1. The highest BCUT2D eigenvalue weighted by molar-refractivity contribution is 5.52. The molecule has 0 aliphatic carbocycles. The molecule has 100 valence electrons. The molecule has 1 aromatic carbocycles. The normalized spacial score (nSPS) is 20.2. The van der Waals surface area contributed by atoms with Crippen molar-refractivity contribution in [3.8, 4) is 5.75 Å². The van der Waals surface area contributed by atoms with Crippen LogP contribution in [0.1, 0.15) is 12.8 Å². The van der Waals surface area contributed by atoms with E-state index in [9.17, 15) is 13.2 Å². The molecular weight excluding hydrogens is 245 g/mol. The van der Waals surface area contributed by atoms with Gasteiger partial charge in [0.1, 0.15) is 5.75 Å². The molecule has 1 heterocycles. The van der Waals surface area contributed by atoms with E-state index in [2.05, 4.69) is 4.74 Å². The Morgan fingerprint density at radius 3 is 2.83 bits per heavy atom. The molecule has 0 saturated carbocycles. The van der Waals surface area contributed by atoms with Gasteiger partial charge in [0.15, 0.2) is 0 Å². The minimum Gasteiger partial charge on any atom is -0.406 e. The van der Waals surface area contributed by atoms with Crippen molar-refractivity contribution in [3.05, 3.63) is 24.3 Å². The zero-order valence-corrected chi connectivity index (χ0v) is 9.78. The van der Waals surface area contributed by atoms with E-state index in [1.807, 2.05) is 4.90 Å². The molecule has 0 bridgehead atoms. The van der Waals surface area contributed by atoms with Crippen LogP contribution in [-0.4, -0.2) is 25.5 Å². The van der Waals surface area contributed by atoms with Crippen LogP contribution in [0.2, 0.25) is 0 Å². The predicted octanol–water partition coefficient (Wildman–Crippen LogP) is 2.51. The van der Waals surface area contributed by atoms with Crippen molar-refractivity contribution >= 4 is 5.69 Å². The standard InChI is InChI=1S/C12H15F3N2O/c13-12(14,15)18-11-5-1-3-9(7-11)17-6-2-4-10(17)8-16/h1,3,5,7,10H,2,4,6,8,16H2. The second-order valence-electron chi connectivity index (χ2n) is 4.27. The Morgan fingerprint density at radius 1 is 1.39 bits per heavy atom. The minimum atomic E-state index is -4.66. The van der Waals surface area contributed by atoms with Gasteiger partial charge in [-0.2, -0.15) is 0 Å². The van der Waals surface area contributed by atoms with Crippen molar-refractivity contribution in [2.45, 2.75) is 25.2 Å². The molecule has 0 amide bonds. The van der Waals surface area contributed by atoms with Crippen LogP contribution in [0.5, 0.6) is 5.75 Å². The maximum atomic E-state index is 12.1. The SMILES string of the molecule is NCC1CCCN1c1cccc(OC(F)(F)F)c1. The molecule has 0 radical (unpaired) electrons. The van der Waals surface area contributed by atoms with Gasteiger partial charge in [0.25, 0.3) is 0 Å². The first kappa shape index (κ1) is 13.0. The summed E-state index contributed by atoms with van der Waals surface area (Å²) >= 11 is 0. The summed E-state index contributed by atoms with van der Waals surface area (Å²) in [6.07, 6.45) is -2.68. The number of nitrogens with two attached hydrogens (primary N) is 1. The number of halogens is 3. The largest absolute Gasteiger partial charge is 0.573 e. The summed E-state index contributed by atoms with van der Waals surface area (Å²) < 4.78 is 40.3. The van der Waals surface area contributed by atoms with E-state index < -0.39 is 6.36 Å². The summed E-state index contributed by atoms with van der Waals surface area (Å²) in [6.45, 7) is 1.32. The van der Waals surface area contributed by atoms with Crippen molar-refractivity contribution in [1.29, 1.82) is 0 Å². The molecule has 0 spiro atoms. The Kier molecular flexibility index (Phi) is 3.65. The molecule has 18 heavy (non-hydrogen) atoms. The van der Waals surface area contributed by atoms with E-state index in [4.69, 9.17) is 5.73 Å². The number of rotatable bonds is 3. The van der Waals surface area contributed by atoms with Crippen LogP contribution >= 0.6 is 0 Å². The third-order valence-electron chi connectivity index (χ3n) is 3.03. The third kappa shape index (κ3) is 3.07. The lowest BCUT2D eigenvalue weighted by Gasteiger charge is -2.26. The van der Waals surface area contributed by atoms with Crippen molar-refractivity contribution in [1.82, 2.24) is 0 Å². The molecule has 2 N–H and O–H groups in total. The molecular formula is C12H15F3N2O. The van der Waals surface area contributed by atoms with Crippen LogP contribution in [0.25, 0.3) is 0 Å². The Hall–Kier alpha value is -1.43. The van der Waals surface area contributed by atoms with Gasteiger partial charge in [-0.15, -0.1) is 13.2 Å². The van der Waals surface area contributed by atoms with E-state index >= 15 is 0 Å². The molecule has 1 aromatic rings. The van der Waals surface area contributed by atoms with Crippen molar-refractivity contribution in [2.24, 2.45) is 5.73 Å². The summed E-state index contributed by atoms with van der Waals surface area (Å²) in [6, 6.07) is 6.23. The van der Waals surface area contributed by atoms with E-state index in [-0.39, 0.29) is 11.8 Å². The maximum absolute atomic E-state index is 12.1. The molecule has 1 saturated heterocycles. The maximum Gasteiger partial charge on any atom is 0.573 e. The Labute approximate surface area is 103 Å². The fraction of sp³-hybridized carbons (Fsp3) is 0.500. The van der Waals surface area contributed by atoms with E-state index in [1.165, 1.54) is 12.1 Å². The van der Waals surface area contributed by atoms with Crippen LogP contribution in [0.15, 0.2) is 24.3 Å². The highest BCUT2D eigenvalue weighted by atomic mass is 19.4. The van der Waals surface area contributed by atoms with Crippen molar-refractivity contribution in [2.75, 3.05) is 18.0 Å². The first-order valence-electron chi connectivity index (χ1n) is 5.82. The lowest BCUT2D eigenvalue weighted by Crippen LogP contribution is -2.35. The van der Waals surface area contributed by atoms with Gasteiger partial charge in [0, 0.05) is 30.9 Å². The first-order chi connectivity index (χ1) is 8.49. The van der Waals surface area contributed by atoms with Crippen LogP contribution in [-0.2, 0) is 0 Å². The monoisotopic (exact) mass is 260 g/mol. The Bertz CT molecular complexity index is 409. The highest BCUT2D eigenvalue weighted by Gasteiger charge is 2.31. The summed E-state index contributed by atoms with van der Waals surface area (Å²) in [4.78, 5) is 2.03. The summed E-state index contributed by atoms with van der Waals surface area (Å²) in [7, 11) is 0. The zero-order chi connectivity index (χ0) is 13.2. The van der Waals surface area contributed by atoms with E-state index in [0.717, 1.165) is 25.1 Å². The molecule has 1 aliphatic rings. The average Bonchev–Trinajstić information content (AvgIpc) is 2.75.